The number of halogens is 1. The van der Waals surface area contributed by atoms with Gasteiger partial charge in [-0.05, 0) is 18.2 Å². The van der Waals surface area contributed by atoms with Crippen LogP contribution in [0.15, 0.2) is 34.9 Å². The molecular weight excluding hydrogens is 345 g/mol. The molecule has 0 spiro atoms. The van der Waals surface area contributed by atoms with E-state index in [0.717, 1.165) is 52.9 Å². The van der Waals surface area contributed by atoms with Crippen LogP contribution in [0.4, 0.5) is 16.1 Å². The molecule has 4 aromatic rings. The van der Waals surface area contributed by atoms with E-state index in [4.69, 9.17) is 4.42 Å². The molecule has 0 atom stereocenters. The van der Waals surface area contributed by atoms with E-state index in [9.17, 15) is 4.39 Å². The van der Waals surface area contributed by atoms with Gasteiger partial charge in [0.1, 0.15) is 17.0 Å². The van der Waals surface area contributed by atoms with Gasteiger partial charge in [0.05, 0.1) is 6.20 Å². The first-order valence-corrected chi connectivity index (χ1v) is 8.96. The van der Waals surface area contributed by atoms with Crippen molar-refractivity contribution >= 4 is 33.8 Å². The van der Waals surface area contributed by atoms with Gasteiger partial charge in [-0.3, -0.25) is 0 Å². The van der Waals surface area contributed by atoms with E-state index in [1.165, 1.54) is 11.9 Å². The number of oxazole rings is 1. The molecule has 0 fully saturated rings. The van der Waals surface area contributed by atoms with Gasteiger partial charge in [-0.2, -0.15) is 4.98 Å². The summed E-state index contributed by atoms with van der Waals surface area (Å²) in [5.41, 5.74) is 5.91. The highest BCUT2D eigenvalue weighted by Gasteiger charge is 2.24. The maximum absolute atomic E-state index is 13.8. The van der Waals surface area contributed by atoms with Crippen LogP contribution in [0.25, 0.3) is 22.1 Å². The van der Waals surface area contributed by atoms with Crippen molar-refractivity contribution in [3.8, 4) is 0 Å². The highest BCUT2D eigenvalue weighted by molar-refractivity contribution is 5.84. The number of anilines is 2. The van der Waals surface area contributed by atoms with Gasteiger partial charge in [0, 0.05) is 69.1 Å². The van der Waals surface area contributed by atoms with Crippen LogP contribution in [0.3, 0.4) is 0 Å². The molecule has 6 nitrogen and oxygen atoms in total. The molecule has 138 valence electrons. The van der Waals surface area contributed by atoms with Crippen LogP contribution in [0, 0.1) is 5.82 Å². The molecule has 0 bridgehead atoms. The average molecular weight is 365 g/mol. The quantitative estimate of drug-likeness (QED) is 0.544. The van der Waals surface area contributed by atoms with Gasteiger partial charge >= 0.3 is 0 Å². The van der Waals surface area contributed by atoms with Crippen molar-refractivity contribution in [3.05, 3.63) is 47.5 Å². The van der Waals surface area contributed by atoms with Crippen LogP contribution in [0.5, 0.6) is 0 Å². The van der Waals surface area contributed by atoms with Crippen LogP contribution in [0.1, 0.15) is 11.3 Å². The SMILES string of the molecule is CN(C)c1nc2ccc(N3CCc4c(c5cc(F)cnc5n4C)C3)cc2o1. The zero-order valence-corrected chi connectivity index (χ0v) is 15.5. The van der Waals surface area contributed by atoms with Gasteiger partial charge in [0.15, 0.2) is 5.58 Å². The molecule has 0 N–H and O–H groups in total. The molecule has 0 saturated heterocycles. The molecule has 0 unspecified atom stereocenters. The molecule has 7 heteroatoms. The summed E-state index contributed by atoms with van der Waals surface area (Å²) >= 11 is 0. The first-order chi connectivity index (χ1) is 13.0. The van der Waals surface area contributed by atoms with E-state index >= 15 is 0 Å². The molecule has 1 aliphatic rings. The van der Waals surface area contributed by atoms with E-state index in [1.54, 1.807) is 6.07 Å². The Kier molecular flexibility index (Phi) is 3.40. The Bertz CT molecular complexity index is 1180. The Balaban J connectivity index is 1.55. The lowest BCUT2D eigenvalue weighted by Crippen LogP contribution is -2.30. The predicted octanol–water partition coefficient (Wildman–Crippen LogP) is 3.48. The second kappa shape index (κ2) is 5.70. The van der Waals surface area contributed by atoms with E-state index in [1.807, 2.05) is 38.2 Å². The molecule has 3 aromatic heterocycles. The summed E-state index contributed by atoms with van der Waals surface area (Å²) in [6.45, 7) is 1.61. The standard InChI is InChI=1S/C20H20FN5O/c1-24(2)20-23-16-5-4-13(9-18(16)27-20)26-7-6-17-15(11-26)14-8-12(21)10-22-19(14)25(17)3/h4-5,8-10H,6-7,11H2,1-3H3. The first-order valence-electron chi connectivity index (χ1n) is 8.96. The monoisotopic (exact) mass is 365 g/mol. The fourth-order valence-corrected chi connectivity index (χ4v) is 3.92. The highest BCUT2D eigenvalue weighted by atomic mass is 19.1. The Labute approximate surface area is 155 Å². The third-order valence-electron chi connectivity index (χ3n) is 5.31. The van der Waals surface area contributed by atoms with Crippen LogP contribution >= 0.6 is 0 Å². The van der Waals surface area contributed by atoms with Crippen molar-refractivity contribution in [2.24, 2.45) is 7.05 Å². The third-order valence-corrected chi connectivity index (χ3v) is 5.31. The van der Waals surface area contributed by atoms with Crippen molar-refractivity contribution in [2.45, 2.75) is 13.0 Å². The molecule has 0 aliphatic carbocycles. The Morgan fingerprint density at radius 3 is 2.89 bits per heavy atom. The number of pyridine rings is 1. The number of aryl methyl sites for hydroxylation is 1. The van der Waals surface area contributed by atoms with Crippen molar-refractivity contribution in [1.29, 1.82) is 0 Å². The normalized spacial score (nSPS) is 14.1. The summed E-state index contributed by atoms with van der Waals surface area (Å²) < 4.78 is 21.7. The minimum absolute atomic E-state index is 0.299. The summed E-state index contributed by atoms with van der Waals surface area (Å²) in [7, 11) is 5.82. The molecule has 4 heterocycles. The second-order valence-electron chi connectivity index (χ2n) is 7.22. The summed E-state index contributed by atoms with van der Waals surface area (Å²) in [4.78, 5) is 12.9. The van der Waals surface area contributed by atoms with Crippen LogP contribution in [-0.4, -0.2) is 35.2 Å². The van der Waals surface area contributed by atoms with Gasteiger partial charge in [-0.25, -0.2) is 9.37 Å². The topological polar surface area (TPSA) is 50.3 Å². The van der Waals surface area contributed by atoms with Gasteiger partial charge in [-0.15, -0.1) is 0 Å². The van der Waals surface area contributed by atoms with Gasteiger partial charge in [-0.1, -0.05) is 0 Å². The van der Waals surface area contributed by atoms with Crippen LogP contribution < -0.4 is 9.80 Å². The minimum Gasteiger partial charge on any atom is -0.423 e. The number of fused-ring (bicyclic) bond motifs is 4. The molecule has 27 heavy (non-hydrogen) atoms. The fourth-order valence-electron chi connectivity index (χ4n) is 3.92. The first kappa shape index (κ1) is 16.1. The minimum atomic E-state index is -0.299. The van der Waals surface area contributed by atoms with E-state index in [2.05, 4.69) is 25.5 Å². The summed E-state index contributed by atoms with van der Waals surface area (Å²) in [5.74, 6) is -0.299. The number of hydrogen-bond acceptors (Lipinski definition) is 5. The van der Waals surface area contributed by atoms with E-state index in [-0.39, 0.29) is 5.82 Å². The average Bonchev–Trinajstić information content (AvgIpc) is 3.21. The zero-order valence-electron chi connectivity index (χ0n) is 15.5. The van der Waals surface area contributed by atoms with Crippen LogP contribution in [0.2, 0.25) is 0 Å². The lowest BCUT2D eigenvalue weighted by Gasteiger charge is -2.29. The van der Waals surface area contributed by atoms with Gasteiger partial charge in [0.2, 0.25) is 0 Å². The van der Waals surface area contributed by atoms with Crippen molar-refractivity contribution < 1.29 is 8.81 Å². The number of aromatic nitrogens is 3. The predicted molar refractivity (Wildman–Crippen MR) is 104 cm³/mol. The lowest BCUT2D eigenvalue weighted by molar-refractivity contribution is 0.596. The Morgan fingerprint density at radius 1 is 1.22 bits per heavy atom. The zero-order chi connectivity index (χ0) is 18.7. The Morgan fingerprint density at radius 2 is 2.07 bits per heavy atom. The van der Waals surface area contributed by atoms with E-state index in [0.29, 0.717) is 6.01 Å². The summed E-state index contributed by atoms with van der Waals surface area (Å²) in [6.07, 6.45) is 2.17. The third kappa shape index (κ3) is 2.45. The van der Waals surface area contributed by atoms with Gasteiger partial charge < -0.3 is 18.8 Å². The number of rotatable bonds is 2. The van der Waals surface area contributed by atoms with Crippen molar-refractivity contribution in [3.63, 3.8) is 0 Å². The molecule has 1 aromatic carbocycles. The molecule has 5 rings (SSSR count). The maximum atomic E-state index is 13.8. The van der Waals surface area contributed by atoms with E-state index < -0.39 is 0 Å². The molecule has 0 amide bonds. The number of hydrogen-bond donors (Lipinski definition) is 0. The number of benzene rings is 1. The molecular formula is C20H20FN5O. The fraction of sp³-hybridized carbons (Fsp3) is 0.300. The molecule has 0 radical (unpaired) electrons. The second-order valence-corrected chi connectivity index (χ2v) is 7.22. The number of nitrogens with zero attached hydrogens (tertiary/aromatic N) is 5. The Hall–Kier alpha value is -3.09. The lowest BCUT2D eigenvalue weighted by atomic mass is 10.0. The molecule has 0 saturated carbocycles. The smallest absolute Gasteiger partial charge is 0.297 e. The molecule has 1 aliphatic heterocycles. The summed E-state index contributed by atoms with van der Waals surface area (Å²) in [6, 6.07) is 8.27. The maximum Gasteiger partial charge on any atom is 0.297 e. The largest absolute Gasteiger partial charge is 0.423 e. The van der Waals surface area contributed by atoms with Crippen molar-refractivity contribution in [1.82, 2.24) is 14.5 Å². The van der Waals surface area contributed by atoms with Gasteiger partial charge in [0.25, 0.3) is 6.01 Å². The van der Waals surface area contributed by atoms with Crippen LogP contribution in [-0.2, 0) is 20.0 Å². The highest BCUT2D eigenvalue weighted by Crippen LogP contribution is 2.33. The van der Waals surface area contributed by atoms with Crippen molar-refractivity contribution in [2.75, 3.05) is 30.4 Å². The summed E-state index contributed by atoms with van der Waals surface area (Å²) in [5, 5.41) is 0.896.